The Kier molecular flexibility index (Phi) is 7.68. The monoisotopic (exact) mass is 588 g/mol. The van der Waals surface area contributed by atoms with Gasteiger partial charge in [-0.1, -0.05) is 66.7 Å². The topological polar surface area (TPSA) is 102 Å². The van der Waals surface area contributed by atoms with Crippen LogP contribution in [0, 0.1) is 5.92 Å². The second kappa shape index (κ2) is 11.5. The first-order valence-corrected chi connectivity index (χ1v) is 15.2. The minimum absolute atomic E-state index is 0.0192. The van der Waals surface area contributed by atoms with Crippen LogP contribution in [0.4, 0.5) is 0 Å². The van der Waals surface area contributed by atoms with Crippen LogP contribution in [0.3, 0.4) is 0 Å². The van der Waals surface area contributed by atoms with Crippen molar-refractivity contribution in [2.45, 2.75) is 42.5 Å². The van der Waals surface area contributed by atoms with Crippen LogP contribution in [-0.2, 0) is 28.7 Å². The molecule has 210 valence electrons. The SMILES string of the molecule is CC(=O)NC1S[C@@H]2[C@H](c3cccs3)C(=O)N2C(C(=O)OC(c2ccccc2)c2ccccc2)=C1COC(=O)C1CC1. The van der Waals surface area contributed by atoms with Gasteiger partial charge in [0, 0.05) is 17.4 Å². The van der Waals surface area contributed by atoms with Gasteiger partial charge in [-0.2, -0.15) is 0 Å². The van der Waals surface area contributed by atoms with E-state index in [1.165, 1.54) is 34.9 Å². The molecule has 10 heteroatoms. The maximum atomic E-state index is 14.2. The molecule has 1 aromatic heterocycles. The van der Waals surface area contributed by atoms with Crippen LogP contribution >= 0.6 is 23.1 Å². The predicted octanol–water partition coefficient (Wildman–Crippen LogP) is 4.75. The maximum absolute atomic E-state index is 14.2. The van der Waals surface area contributed by atoms with E-state index in [9.17, 15) is 19.2 Å². The molecular formula is C31H28N2O6S2. The molecule has 2 amide bonds. The summed E-state index contributed by atoms with van der Waals surface area (Å²) in [7, 11) is 0. The predicted molar refractivity (Wildman–Crippen MR) is 154 cm³/mol. The Morgan fingerprint density at radius 2 is 1.63 bits per heavy atom. The van der Waals surface area contributed by atoms with E-state index in [4.69, 9.17) is 9.47 Å². The average Bonchev–Trinajstić information content (AvgIpc) is 3.71. The smallest absolute Gasteiger partial charge is 0.356 e. The van der Waals surface area contributed by atoms with Crippen LogP contribution in [-0.4, -0.2) is 46.0 Å². The highest BCUT2D eigenvalue weighted by Gasteiger charge is 2.57. The summed E-state index contributed by atoms with van der Waals surface area (Å²) in [5.41, 5.74) is 1.88. The van der Waals surface area contributed by atoms with Crippen LogP contribution in [0.1, 0.15) is 47.8 Å². The summed E-state index contributed by atoms with van der Waals surface area (Å²) in [6.07, 6.45) is 0.785. The number of benzene rings is 2. The average molecular weight is 589 g/mol. The second-order valence-electron chi connectivity index (χ2n) is 10.2. The lowest BCUT2D eigenvalue weighted by Gasteiger charge is -2.51. The molecule has 2 fully saturated rings. The lowest BCUT2D eigenvalue weighted by Crippen LogP contribution is -2.62. The zero-order chi connectivity index (χ0) is 28.5. The molecule has 2 aromatic carbocycles. The van der Waals surface area contributed by atoms with Crippen molar-refractivity contribution < 1.29 is 28.7 Å². The number of carbonyl (C=O) groups excluding carboxylic acids is 4. The number of ether oxygens (including phenoxy) is 2. The molecule has 3 aromatic rings. The van der Waals surface area contributed by atoms with Crippen molar-refractivity contribution in [3.8, 4) is 0 Å². The summed E-state index contributed by atoms with van der Waals surface area (Å²) >= 11 is 2.83. The number of esters is 2. The van der Waals surface area contributed by atoms with Gasteiger partial charge in [-0.15, -0.1) is 23.1 Å². The lowest BCUT2D eigenvalue weighted by molar-refractivity contribution is -0.153. The van der Waals surface area contributed by atoms with E-state index >= 15 is 0 Å². The summed E-state index contributed by atoms with van der Waals surface area (Å²) < 4.78 is 11.8. The summed E-state index contributed by atoms with van der Waals surface area (Å²) in [4.78, 5) is 54.9. The number of carbonyl (C=O) groups is 4. The summed E-state index contributed by atoms with van der Waals surface area (Å²) in [6, 6.07) is 22.5. The number of nitrogens with one attached hydrogen (secondary N) is 1. The number of nitrogens with zero attached hydrogens (tertiary/aromatic N) is 1. The zero-order valence-corrected chi connectivity index (χ0v) is 23.9. The van der Waals surface area contributed by atoms with Gasteiger partial charge in [-0.3, -0.25) is 19.3 Å². The number of thiophene rings is 1. The minimum Gasteiger partial charge on any atom is -0.461 e. The number of hydrogen-bond donors (Lipinski definition) is 1. The third kappa shape index (κ3) is 5.54. The van der Waals surface area contributed by atoms with Gasteiger partial charge in [-0.25, -0.2) is 4.79 Å². The van der Waals surface area contributed by atoms with Crippen LogP contribution in [0.2, 0.25) is 0 Å². The summed E-state index contributed by atoms with van der Waals surface area (Å²) in [5.74, 6) is -2.23. The number of β-lactam (4-membered cyclic amide) rings is 1. The Morgan fingerprint density at radius 3 is 2.20 bits per heavy atom. The largest absolute Gasteiger partial charge is 0.461 e. The molecule has 8 nitrogen and oxygen atoms in total. The molecule has 6 rings (SSSR count). The quantitative estimate of drug-likeness (QED) is 0.284. The van der Waals surface area contributed by atoms with Crippen molar-refractivity contribution in [2.75, 3.05) is 6.61 Å². The molecule has 0 bridgehead atoms. The standard InChI is InChI=1S/C31H28N2O6S2/c1-18(34)32-27-22(17-38-30(36)21-14-15-21)25(33-28(35)24(29(33)41-27)23-13-8-16-40-23)31(37)39-26(19-9-4-2-5-10-19)20-11-6-3-7-12-20/h2-13,16,21,24,26-27,29H,14-15,17H2,1H3,(H,32,34)/t24-,27?,29-/m1/s1. The van der Waals surface area contributed by atoms with E-state index in [1.807, 2.05) is 78.2 Å². The first-order valence-electron chi connectivity index (χ1n) is 13.4. The molecule has 1 saturated heterocycles. The Bertz CT molecular complexity index is 1450. The fourth-order valence-corrected chi connectivity index (χ4v) is 7.63. The number of fused-ring (bicyclic) bond motifs is 1. The van der Waals surface area contributed by atoms with E-state index in [-0.39, 0.29) is 36.0 Å². The number of hydrogen-bond acceptors (Lipinski definition) is 8. The number of amides is 2. The van der Waals surface area contributed by atoms with Gasteiger partial charge in [0.05, 0.1) is 5.92 Å². The lowest BCUT2D eigenvalue weighted by atomic mass is 9.93. The summed E-state index contributed by atoms with van der Waals surface area (Å²) in [6.45, 7) is 1.15. The number of rotatable bonds is 9. The molecule has 0 spiro atoms. The van der Waals surface area contributed by atoms with Gasteiger partial charge in [0.15, 0.2) is 6.10 Å². The summed E-state index contributed by atoms with van der Waals surface area (Å²) in [5, 5.41) is 3.68. The van der Waals surface area contributed by atoms with Gasteiger partial charge in [0.2, 0.25) is 11.8 Å². The van der Waals surface area contributed by atoms with E-state index < -0.39 is 28.7 Å². The van der Waals surface area contributed by atoms with Crippen LogP contribution in [0.5, 0.6) is 0 Å². The maximum Gasteiger partial charge on any atom is 0.356 e. The highest BCUT2D eigenvalue weighted by molar-refractivity contribution is 8.00. The van der Waals surface area contributed by atoms with Crippen molar-refractivity contribution in [1.82, 2.24) is 10.2 Å². The van der Waals surface area contributed by atoms with Crippen LogP contribution in [0.25, 0.3) is 0 Å². The van der Waals surface area contributed by atoms with Crippen molar-refractivity contribution in [1.29, 1.82) is 0 Å². The zero-order valence-electron chi connectivity index (χ0n) is 22.2. The van der Waals surface area contributed by atoms with Crippen LogP contribution in [0.15, 0.2) is 89.4 Å². The fourth-order valence-electron chi connectivity index (χ4n) is 5.08. The normalized spacial score (nSPS) is 21.7. The third-order valence-corrected chi connectivity index (χ3v) is 9.66. The molecular weight excluding hydrogens is 560 g/mol. The fraction of sp³-hybridized carbons (Fsp3) is 0.290. The van der Waals surface area contributed by atoms with E-state index in [1.54, 1.807) is 0 Å². The van der Waals surface area contributed by atoms with E-state index in [2.05, 4.69) is 5.32 Å². The molecule has 0 radical (unpaired) electrons. The van der Waals surface area contributed by atoms with E-state index in [0.29, 0.717) is 5.57 Å². The molecule has 1 unspecified atom stereocenters. The Labute approximate surface area is 245 Å². The molecule has 3 heterocycles. The highest BCUT2D eigenvalue weighted by Crippen LogP contribution is 2.52. The van der Waals surface area contributed by atoms with Crippen molar-refractivity contribution >= 4 is 46.9 Å². The van der Waals surface area contributed by atoms with E-state index in [0.717, 1.165) is 28.8 Å². The molecule has 1 saturated carbocycles. The molecule has 2 aliphatic heterocycles. The van der Waals surface area contributed by atoms with Gasteiger partial charge < -0.3 is 14.8 Å². The van der Waals surface area contributed by atoms with Crippen molar-refractivity contribution in [3.63, 3.8) is 0 Å². The first kappa shape index (κ1) is 27.3. The Morgan fingerprint density at radius 1 is 0.976 bits per heavy atom. The highest BCUT2D eigenvalue weighted by atomic mass is 32.2. The van der Waals surface area contributed by atoms with Crippen molar-refractivity contribution in [2.24, 2.45) is 5.92 Å². The molecule has 1 aliphatic carbocycles. The van der Waals surface area contributed by atoms with Gasteiger partial charge in [0.1, 0.15) is 29.0 Å². The van der Waals surface area contributed by atoms with Gasteiger partial charge in [0.25, 0.3) is 0 Å². The Hall–Kier alpha value is -3.89. The molecule has 1 N–H and O–H groups in total. The molecule has 41 heavy (non-hydrogen) atoms. The van der Waals surface area contributed by atoms with Crippen molar-refractivity contribution in [3.05, 3.63) is 105 Å². The minimum atomic E-state index is -0.746. The third-order valence-electron chi connectivity index (χ3n) is 7.27. The first-order chi connectivity index (χ1) is 19.9. The molecule has 3 atom stereocenters. The Balaban J connectivity index is 1.40. The second-order valence-corrected chi connectivity index (χ2v) is 12.4. The molecule has 3 aliphatic rings. The number of thioether (sulfide) groups is 1. The van der Waals surface area contributed by atoms with Crippen LogP contribution < -0.4 is 5.32 Å². The van der Waals surface area contributed by atoms with Gasteiger partial charge in [-0.05, 0) is 35.4 Å². The van der Waals surface area contributed by atoms with Gasteiger partial charge >= 0.3 is 11.9 Å².